The summed E-state index contributed by atoms with van der Waals surface area (Å²) in [5, 5.41) is 12.3. The summed E-state index contributed by atoms with van der Waals surface area (Å²) in [4.78, 5) is 53.8. The highest BCUT2D eigenvalue weighted by molar-refractivity contribution is 7.80. The first-order valence-electron chi connectivity index (χ1n) is 18.0. The molecule has 0 spiro atoms. The monoisotopic (exact) mass is 767 g/mol. The SMILES string of the molecule is CCC(C)[C@H](NC(=O)Cc1ccccc1F)C(=O)N[C@]1(C(=O)N[C@H](C(=S)NCc2ccncn2)C(C)CC)CCc2[nH]c3c(C(F)(F)F)cccc3c2C1. The zero-order valence-electron chi connectivity index (χ0n) is 30.6. The zero-order chi connectivity index (χ0) is 39.2. The van der Waals surface area contributed by atoms with Gasteiger partial charge in [0.25, 0.3) is 0 Å². The predicted molar refractivity (Wildman–Crippen MR) is 201 cm³/mol. The number of carbonyl (C=O) groups is 3. The quantitative estimate of drug-likeness (QED) is 0.0798. The molecule has 5 rings (SSSR count). The third kappa shape index (κ3) is 9.05. The summed E-state index contributed by atoms with van der Waals surface area (Å²) in [6.45, 7) is 7.77. The van der Waals surface area contributed by atoms with Crippen molar-refractivity contribution in [2.75, 3.05) is 0 Å². The van der Waals surface area contributed by atoms with Gasteiger partial charge in [-0.3, -0.25) is 14.4 Å². The normalized spacial score (nSPS) is 17.8. The molecular weight excluding hydrogens is 723 g/mol. The van der Waals surface area contributed by atoms with Gasteiger partial charge in [-0.15, -0.1) is 0 Å². The first-order valence-corrected chi connectivity index (χ1v) is 18.5. The summed E-state index contributed by atoms with van der Waals surface area (Å²) in [5.41, 5.74) is -0.725. The molecule has 0 aliphatic heterocycles. The maximum atomic E-state index is 14.8. The number of para-hydroxylation sites is 1. The number of H-pyrrole nitrogens is 1. The third-order valence-corrected chi connectivity index (χ3v) is 10.8. The van der Waals surface area contributed by atoms with Crippen molar-refractivity contribution in [1.29, 1.82) is 0 Å². The van der Waals surface area contributed by atoms with E-state index in [-0.39, 0.29) is 49.2 Å². The molecular formula is C39H45F4N7O3S. The van der Waals surface area contributed by atoms with Gasteiger partial charge in [0, 0.05) is 23.7 Å². The Labute approximate surface area is 316 Å². The van der Waals surface area contributed by atoms with E-state index in [9.17, 15) is 31.9 Å². The number of alkyl halides is 3. The lowest BCUT2D eigenvalue weighted by Gasteiger charge is -2.40. The average molecular weight is 768 g/mol. The molecule has 2 heterocycles. The van der Waals surface area contributed by atoms with E-state index in [1.165, 1.54) is 30.6 Å². The molecule has 2 aromatic heterocycles. The van der Waals surface area contributed by atoms with Gasteiger partial charge in [-0.05, 0) is 54.0 Å². The second-order valence-corrected chi connectivity index (χ2v) is 14.5. The minimum absolute atomic E-state index is 0.0382. The Hall–Kier alpha value is -4.92. The number of rotatable bonds is 14. The van der Waals surface area contributed by atoms with Crippen LogP contribution in [0.3, 0.4) is 0 Å². The number of hydrogen-bond acceptors (Lipinski definition) is 6. The average Bonchev–Trinajstić information content (AvgIpc) is 3.52. The second-order valence-electron chi connectivity index (χ2n) is 14.0. The Morgan fingerprint density at radius 3 is 2.37 bits per heavy atom. The Morgan fingerprint density at radius 1 is 0.981 bits per heavy atom. The number of nitrogens with zero attached hydrogens (tertiary/aromatic N) is 2. The number of halogens is 4. The van der Waals surface area contributed by atoms with E-state index in [4.69, 9.17) is 12.2 Å². The first-order chi connectivity index (χ1) is 25.7. The molecule has 15 heteroatoms. The fourth-order valence-electron chi connectivity index (χ4n) is 6.81. The summed E-state index contributed by atoms with van der Waals surface area (Å²) < 4.78 is 56.6. The van der Waals surface area contributed by atoms with Crippen molar-refractivity contribution in [3.05, 3.63) is 95.0 Å². The van der Waals surface area contributed by atoms with Crippen LogP contribution in [0.1, 0.15) is 75.0 Å². The Bertz CT molecular complexity index is 1990. The number of fused-ring (bicyclic) bond motifs is 3. The maximum absolute atomic E-state index is 14.8. The van der Waals surface area contributed by atoms with Crippen molar-refractivity contribution in [2.45, 2.75) is 96.6 Å². The van der Waals surface area contributed by atoms with Crippen molar-refractivity contribution in [2.24, 2.45) is 11.8 Å². The van der Waals surface area contributed by atoms with Crippen LogP contribution < -0.4 is 21.3 Å². The molecule has 2 unspecified atom stereocenters. The molecule has 0 bridgehead atoms. The summed E-state index contributed by atoms with van der Waals surface area (Å²) in [7, 11) is 0. The lowest BCUT2D eigenvalue weighted by atomic mass is 9.78. The summed E-state index contributed by atoms with van der Waals surface area (Å²) in [6, 6.07) is 9.66. The van der Waals surface area contributed by atoms with Crippen LogP contribution in [0.5, 0.6) is 0 Å². The molecule has 0 saturated carbocycles. The highest BCUT2D eigenvalue weighted by Gasteiger charge is 2.47. The van der Waals surface area contributed by atoms with E-state index in [0.29, 0.717) is 40.2 Å². The van der Waals surface area contributed by atoms with Crippen molar-refractivity contribution >= 4 is 45.8 Å². The molecule has 0 saturated heterocycles. The van der Waals surface area contributed by atoms with Gasteiger partial charge in [-0.25, -0.2) is 14.4 Å². The summed E-state index contributed by atoms with van der Waals surface area (Å²) in [5.74, 6) is -2.91. The number of benzene rings is 2. The number of thiocarbonyl (C=S) groups is 1. The van der Waals surface area contributed by atoms with E-state index in [2.05, 4.69) is 36.2 Å². The van der Waals surface area contributed by atoms with Crippen LogP contribution in [-0.4, -0.2) is 55.3 Å². The maximum Gasteiger partial charge on any atom is 0.418 e. The number of amides is 3. The molecule has 1 aliphatic rings. The molecule has 54 heavy (non-hydrogen) atoms. The van der Waals surface area contributed by atoms with Crippen LogP contribution in [0.15, 0.2) is 61.1 Å². The van der Waals surface area contributed by atoms with E-state index >= 15 is 0 Å². The Morgan fingerprint density at radius 2 is 1.70 bits per heavy atom. The van der Waals surface area contributed by atoms with Crippen LogP contribution in [0.2, 0.25) is 0 Å². The van der Waals surface area contributed by atoms with Crippen LogP contribution in [0, 0.1) is 17.7 Å². The van der Waals surface area contributed by atoms with Gasteiger partial charge in [-0.1, -0.05) is 83.1 Å². The summed E-state index contributed by atoms with van der Waals surface area (Å²) in [6.07, 6.45) is -0.761. The topological polar surface area (TPSA) is 141 Å². The van der Waals surface area contributed by atoms with Gasteiger partial charge in [-0.2, -0.15) is 13.2 Å². The zero-order valence-corrected chi connectivity index (χ0v) is 31.4. The van der Waals surface area contributed by atoms with Gasteiger partial charge in [0.15, 0.2) is 0 Å². The van der Waals surface area contributed by atoms with Gasteiger partial charge in [0.05, 0.1) is 40.8 Å². The number of aromatic nitrogens is 3. The van der Waals surface area contributed by atoms with Crippen LogP contribution in [0.4, 0.5) is 17.6 Å². The highest BCUT2D eigenvalue weighted by atomic mass is 32.1. The number of carbonyl (C=O) groups excluding carboxylic acids is 3. The molecule has 3 amide bonds. The Balaban J connectivity index is 1.49. The third-order valence-electron chi connectivity index (χ3n) is 10.4. The predicted octanol–water partition coefficient (Wildman–Crippen LogP) is 5.88. The first kappa shape index (κ1) is 40.3. The molecule has 0 fully saturated rings. The van der Waals surface area contributed by atoms with Crippen molar-refractivity contribution < 1.29 is 31.9 Å². The van der Waals surface area contributed by atoms with E-state index in [1.807, 2.05) is 20.8 Å². The van der Waals surface area contributed by atoms with E-state index in [1.54, 1.807) is 31.3 Å². The molecule has 1 aliphatic carbocycles. The molecule has 2 aromatic carbocycles. The van der Waals surface area contributed by atoms with Crippen molar-refractivity contribution in [1.82, 2.24) is 36.2 Å². The highest BCUT2D eigenvalue weighted by Crippen LogP contribution is 2.40. The van der Waals surface area contributed by atoms with Crippen LogP contribution in [0.25, 0.3) is 10.9 Å². The molecule has 5 atom stereocenters. The number of hydrogen-bond donors (Lipinski definition) is 5. The van der Waals surface area contributed by atoms with Crippen LogP contribution in [-0.2, 0) is 46.4 Å². The van der Waals surface area contributed by atoms with E-state index < -0.39 is 58.8 Å². The van der Waals surface area contributed by atoms with Crippen molar-refractivity contribution in [3.63, 3.8) is 0 Å². The second kappa shape index (κ2) is 17.0. The largest absolute Gasteiger partial charge is 0.418 e. The van der Waals surface area contributed by atoms with Gasteiger partial charge in [0.2, 0.25) is 17.7 Å². The van der Waals surface area contributed by atoms with E-state index in [0.717, 1.165) is 6.07 Å². The smallest absolute Gasteiger partial charge is 0.372 e. The molecule has 4 aromatic rings. The lowest BCUT2D eigenvalue weighted by molar-refractivity contribution is -0.137. The lowest BCUT2D eigenvalue weighted by Crippen LogP contribution is -2.67. The minimum atomic E-state index is -4.63. The standard InChI is InChI=1S/C39H45F4N7O3S/c1-5-22(3)32(48-31(51)18-24-10-7-8-13-29(24)40)35(52)50-38(16-14-30-27(19-38)26-11-9-12-28(34(26)47-30)39(41,42)43)37(53)49-33(23(4)6-2)36(54)45-20-25-15-17-44-21-46-25/h7-13,15,17,21-23,32-33,47H,5-6,14,16,18-20H2,1-4H3,(H,45,54)(H,48,51)(H,49,53)(H,50,52)/t22?,23?,32-,33-,38+/m0/s1. The number of aromatic amines is 1. The molecule has 10 nitrogen and oxygen atoms in total. The number of nitrogens with one attached hydrogen (secondary N) is 5. The minimum Gasteiger partial charge on any atom is -0.372 e. The Kier molecular flexibility index (Phi) is 12.7. The number of aryl methyl sites for hydroxylation is 1. The van der Waals surface area contributed by atoms with Crippen molar-refractivity contribution in [3.8, 4) is 0 Å². The van der Waals surface area contributed by atoms with Gasteiger partial charge < -0.3 is 26.3 Å². The molecule has 5 N–H and O–H groups in total. The summed E-state index contributed by atoms with van der Waals surface area (Å²) >= 11 is 5.78. The molecule has 0 radical (unpaired) electrons. The van der Waals surface area contributed by atoms with Crippen LogP contribution >= 0.6 is 12.2 Å². The molecule has 288 valence electrons. The van der Waals surface area contributed by atoms with Gasteiger partial charge in [0.1, 0.15) is 23.7 Å². The fraction of sp³-hybridized carbons (Fsp3) is 0.436. The fourth-order valence-corrected chi connectivity index (χ4v) is 7.17. The van der Waals surface area contributed by atoms with Gasteiger partial charge >= 0.3 is 6.18 Å².